The number of methoxy groups -OCH3 is 2. The molecule has 0 aliphatic carbocycles. The fraction of sp³-hybridized carbons (Fsp3) is 0.300. The van der Waals surface area contributed by atoms with Crippen LogP contribution in [0, 0.1) is 11.3 Å². The second-order valence-corrected chi connectivity index (χ2v) is 9.64. The number of nitriles is 1. The Morgan fingerprint density at radius 1 is 1.02 bits per heavy atom. The molecular formula is C30H30N4O6. The van der Waals surface area contributed by atoms with Crippen molar-refractivity contribution in [3.8, 4) is 29.1 Å². The lowest BCUT2D eigenvalue weighted by atomic mass is 10.1. The van der Waals surface area contributed by atoms with Gasteiger partial charge in [0, 0.05) is 49.4 Å². The molecule has 0 saturated carbocycles. The van der Waals surface area contributed by atoms with Crippen molar-refractivity contribution in [1.82, 2.24) is 15.5 Å². The van der Waals surface area contributed by atoms with Crippen molar-refractivity contribution in [3.05, 3.63) is 82.9 Å². The molecule has 4 bridgehead atoms. The van der Waals surface area contributed by atoms with E-state index in [1.165, 1.54) is 7.11 Å². The van der Waals surface area contributed by atoms with Crippen molar-refractivity contribution in [2.24, 2.45) is 0 Å². The number of rotatable bonds is 4. The average Bonchev–Trinajstić information content (AvgIpc) is 3.34. The van der Waals surface area contributed by atoms with Gasteiger partial charge < -0.3 is 29.6 Å². The van der Waals surface area contributed by atoms with Gasteiger partial charge in [-0.3, -0.25) is 14.5 Å². The molecule has 10 nitrogen and oxygen atoms in total. The molecule has 1 fully saturated rings. The Kier molecular flexibility index (Phi) is 8.03. The lowest BCUT2D eigenvalue weighted by molar-refractivity contribution is -0.123. The second-order valence-electron chi connectivity index (χ2n) is 9.64. The van der Waals surface area contributed by atoms with Crippen LogP contribution in [-0.2, 0) is 17.9 Å². The highest BCUT2D eigenvalue weighted by atomic mass is 16.5. The lowest BCUT2D eigenvalue weighted by Crippen LogP contribution is -2.45. The van der Waals surface area contributed by atoms with Crippen LogP contribution in [0.25, 0.3) is 0 Å². The molecule has 3 aromatic rings. The number of likely N-dealkylation sites (tertiary alicyclic amines) is 1. The van der Waals surface area contributed by atoms with Gasteiger partial charge in [0.1, 0.15) is 29.1 Å². The van der Waals surface area contributed by atoms with Crippen LogP contribution in [0.3, 0.4) is 0 Å². The van der Waals surface area contributed by atoms with Gasteiger partial charge in [-0.15, -0.1) is 0 Å². The maximum atomic E-state index is 13.4. The zero-order chi connectivity index (χ0) is 28.1. The summed E-state index contributed by atoms with van der Waals surface area (Å²) < 4.78 is 23.0. The van der Waals surface area contributed by atoms with Gasteiger partial charge in [0.25, 0.3) is 11.8 Å². The summed E-state index contributed by atoms with van der Waals surface area (Å²) in [6.07, 6.45) is -0.384. The summed E-state index contributed by atoms with van der Waals surface area (Å²) >= 11 is 0. The third-order valence-electron chi connectivity index (χ3n) is 6.96. The minimum Gasteiger partial charge on any atom is -0.497 e. The van der Waals surface area contributed by atoms with E-state index < -0.39 is 0 Å². The topological polar surface area (TPSA) is 122 Å². The Balaban J connectivity index is 1.47. The van der Waals surface area contributed by atoms with Crippen molar-refractivity contribution in [2.45, 2.75) is 25.2 Å². The first-order chi connectivity index (χ1) is 19.4. The van der Waals surface area contributed by atoms with Gasteiger partial charge in [0.15, 0.2) is 6.61 Å². The Morgan fingerprint density at radius 2 is 1.88 bits per heavy atom. The molecular weight excluding hydrogens is 512 g/mol. The molecule has 2 atom stereocenters. The van der Waals surface area contributed by atoms with E-state index in [2.05, 4.69) is 21.6 Å². The SMILES string of the molecule is COc1cc2cc(c1)C(=O)N[C@H]1CN(Cc3ccccc3C#N)C[C@@H]1Oc1ccc(c(OC)c1)CNC(=O)CO2. The van der Waals surface area contributed by atoms with Gasteiger partial charge in [-0.2, -0.15) is 5.26 Å². The Morgan fingerprint density at radius 3 is 2.67 bits per heavy atom. The molecule has 40 heavy (non-hydrogen) atoms. The Bertz CT molecular complexity index is 1450. The van der Waals surface area contributed by atoms with Crippen LogP contribution >= 0.6 is 0 Å². The molecule has 10 heteroatoms. The molecule has 0 radical (unpaired) electrons. The maximum absolute atomic E-state index is 13.4. The van der Waals surface area contributed by atoms with E-state index in [-0.39, 0.29) is 37.1 Å². The summed E-state index contributed by atoms with van der Waals surface area (Å²) in [5.41, 5.74) is 2.64. The highest BCUT2D eigenvalue weighted by Crippen LogP contribution is 2.29. The first-order valence-corrected chi connectivity index (χ1v) is 12.9. The zero-order valence-electron chi connectivity index (χ0n) is 22.3. The van der Waals surface area contributed by atoms with Crippen LogP contribution in [0.4, 0.5) is 0 Å². The zero-order valence-corrected chi connectivity index (χ0v) is 22.3. The largest absolute Gasteiger partial charge is 0.497 e. The molecule has 0 aromatic heterocycles. The molecule has 3 heterocycles. The van der Waals surface area contributed by atoms with Crippen molar-refractivity contribution in [3.63, 3.8) is 0 Å². The van der Waals surface area contributed by atoms with Crippen LogP contribution in [0.5, 0.6) is 23.0 Å². The van der Waals surface area contributed by atoms with E-state index in [4.69, 9.17) is 18.9 Å². The summed E-state index contributed by atoms with van der Waals surface area (Å²) in [6, 6.07) is 19.6. The first-order valence-electron chi connectivity index (χ1n) is 12.9. The molecule has 3 aliphatic rings. The summed E-state index contributed by atoms with van der Waals surface area (Å²) in [5, 5.41) is 15.5. The quantitative estimate of drug-likeness (QED) is 0.516. The predicted molar refractivity (Wildman–Crippen MR) is 145 cm³/mol. The minimum absolute atomic E-state index is 0.235. The summed E-state index contributed by atoms with van der Waals surface area (Å²) in [7, 11) is 3.06. The number of nitrogens with zero attached hydrogens (tertiary/aromatic N) is 2. The van der Waals surface area contributed by atoms with E-state index in [0.29, 0.717) is 53.8 Å². The molecule has 6 rings (SSSR count). The van der Waals surface area contributed by atoms with E-state index in [9.17, 15) is 14.9 Å². The number of benzene rings is 3. The van der Waals surface area contributed by atoms with Crippen LogP contribution in [0.1, 0.15) is 27.0 Å². The van der Waals surface area contributed by atoms with E-state index in [1.54, 1.807) is 37.4 Å². The second kappa shape index (κ2) is 12.0. The van der Waals surface area contributed by atoms with E-state index in [0.717, 1.165) is 11.1 Å². The van der Waals surface area contributed by atoms with Gasteiger partial charge >= 0.3 is 0 Å². The smallest absolute Gasteiger partial charge is 0.258 e. The third kappa shape index (κ3) is 6.11. The molecule has 2 amide bonds. The highest BCUT2D eigenvalue weighted by Gasteiger charge is 2.36. The number of carbonyl (C=O) groups is 2. The standard InChI is InChI=1S/C30H30N4O6/c1-37-24-9-22-10-25(11-24)39-18-29(35)32-14-20-7-8-23(12-27(20)38-2)40-28-17-34(16-26(28)33-30(22)36)15-21-6-4-3-5-19(21)13-31/h3-12,26,28H,14-18H2,1-2H3,(H,32,35)(H,33,36)/t26-,28-/m0/s1. The predicted octanol–water partition coefficient (Wildman–Crippen LogP) is 2.65. The number of nitrogens with one attached hydrogen (secondary N) is 2. The number of hydrogen-bond acceptors (Lipinski definition) is 8. The van der Waals surface area contributed by atoms with E-state index in [1.807, 2.05) is 30.3 Å². The normalized spacial score (nSPS) is 19.2. The fourth-order valence-corrected chi connectivity index (χ4v) is 4.92. The van der Waals surface area contributed by atoms with Crippen molar-refractivity contribution in [1.29, 1.82) is 5.26 Å². The van der Waals surface area contributed by atoms with Crippen LogP contribution in [-0.4, -0.2) is 62.8 Å². The minimum atomic E-state index is -0.384. The molecule has 3 aromatic carbocycles. The number of amides is 2. The third-order valence-corrected chi connectivity index (χ3v) is 6.96. The van der Waals surface area contributed by atoms with Crippen molar-refractivity contribution in [2.75, 3.05) is 33.9 Å². The van der Waals surface area contributed by atoms with Crippen molar-refractivity contribution >= 4 is 11.8 Å². The molecule has 0 spiro atoms. The van der Waals surface area contributed by atoms with E-state index >= 15 is 0 Å². The van der Waals surface area contributed by atoms with Gasteiger partial charge in [0.05, 0.1) is 31.9 Å². The average molecular weight is 543 g/mol. The molecule has 2 N–H and O–H groups in total. The maximum Gasteiger partial charge on any atom is 0.258 e. The van der Waals surface area contributed by atoms with Gasteiger partial charge in [0.2, 0.25) is 0 Å². The number of fused-ring (bicyclic) bond motifs is 7. The van der Waals surface area contributed by atoms with Crippen LogP contribution in [0.2, 0.25) is 0 Å². The van der Waals surface area contributed by atoms with Crippen molar-refractivity contribution < 1.29 is 28.5 Å². The molecule has 1 saturated heterocycles. The van der Waals surface area contributed by atoms with Crippen LogP contribution < -0.4 is 29.6 Å². The lowest BCUT2D eigenvalue weighted by Gasteiger charge is -2.22. The fourth-order valence-electron chi connectivity index (χ4n) is 4.92. The summed E-state index contributed by atoms with van der Waals surface area (Å²) in [6.45, 7) is 1.58. The van der Waals surface area contributed by atoms with Gasteiger partial charge in [-0.25, -0.2) is 0 Å². The first kappa shape index (κ1) is 26.8. The number of carbonyl (C=O) groups excluding carboxylic acids is 2. The summed E-state index contributed by atoms with van der Waals surface area (Å²) in [4.78, 5) is 28.1. The molecule has 206 valence electrons. The summed E-state index contributed by atoms with van der Waals surface area (Å²) in [5.74, 6) is 1.25. The Hall–Kier alpha value is -4.75. The monoisotopic (exact) mass is 542 g/mol. The van der Waals surface area contributed by atoms with Gasteiger partial charge in [-0.05, 0) is 35.9 Å². The van der Waals surface area contributed by atoms with Crippen LogP contribution in [0.15, 0.2) is 60.7 Å². The molecule has 3 aliphatic heterocycles. The highest BCUT2D eigenvalue weighted by molar-refractivity contribution is 5.95. The van der Waals surface area contributed by atoms with Gasteiger partial charge in [-0.1, -0.05) is 18.2 Å². The Labute approximate surface area is 232 Å². The molecule has 0 unspecified atom stereocenters. The number of hydrogen-bond donors (Lipinski definition) is 2. The number of ether oxygens (including phenoxy) is 4.